The monoisotopic (exact) mass is 960 g/mol. The van der Waals surface area contributed by atoms with E-state index in [1.165, 1.54) is 10.8 Å². The third-order valence-corrected chi connectivity index (χ3v) is 13.5. The number of phenols is 1. The van der Waals surface area contributed by atoms with Gasteiger partial charge in [-0.25, -0.2) is 0 Å². The van der Waals surface area contributed by atoms with Gasteiger partial charge in [0.15, 0.2) is 5.58 Å². The Morgan fingerprint density at radius 1 is 0.311 bits per heavy atom. The van der Waals surface area contributed by atoms with Crippen molar-refractivity contribution in [2.24, 2.45) is 0 Å². The van der Waals surface area contributed by atoms with Crippen LogP contribution in [0.4, 0.5) is 34.1 Å². The standard InChI is InChI=1S/C64H42N2O2.3C2H6/c67-60-31-13-9-25-50(60)46-21-15-22-47(41-46)65(55-28-11-7-23-48(55)42-17-3-1-4-18-42)57-39-35-44-34-38-54-58(40-36-45-33-37-53(57)62(44)63(45)54)66(56-29-12-8-24-49(56)43-19-5-2-6-20-43)59-30-16-27-52-51-26-10-14-32-61(51)68-64(52)59;3*1-2/h1-41,67H;3*1-2H3. The number of hydrogen-bond donors (Lipinski definition) is 1. The number of aromatic hydroxyl groups is 1. The van der Waals surface area contributed by atoms with Crippen molar-refractivity contribution in [2.75, 3.05) is 9.80 Å². The lowest BCUT2D eigenvalue weighted by Gasteiger charge is -2.31. The maximum Gasteiger partial charge on any atom is 0.159 e. The third kappa shape index (κ3) is 8.65. The van der Waals surface area contributed by atoms with Gasteiger partial charge in [0.25, 0.3) is 0 Å². The number of fused-ring (bicyclic) bond motifs is 3. The molecule has 0 unspecified atom stereocenters. The molecule has 0 aliphatic heterocycles. The van der Waals surface area contributed by atoms with Crippen molar-refractivity contribution in [1.82, 2.24) is 0 Å². The van der Waals surface area contributed by atoms with E-state index in [2.05, 4.69) is 228 Å². The van der Waals surface area contributed by atoms with Gasteiger partial charge < -0.3 is 19.3 Å². The fourth-order valence-corrected chi connectivity index (χ4v) is 10.5. The molecule has 74 heavy (non-hydrogen) atoms. The topological polar surface area (TPSA) is 39.9 Å². The van der Waals surface area contributed by atoms with Crippen molar-refractivity contribution >= 4 is 88.4 Å². The molecule has 1 heterocycles. The Hall–Kier alpha value is -9.12. The predicted octanol–water partition coefficient (Wildman–Crippen LogP) is 21.2. The molecule has 12 aromatic carbocycles. The highest BCUT2D eigenvalue weighted by Crippen LogP contribution is 2.51. The summed E-state index contributed by atoms with van der Waals surface area (Å²) in [5.41, 5.74) is 14.0. The van der Waals surface area contributed by atoms with Crippen molar-refractivity contribution in [3.63, 3.8) is 0 Å². The van der Waals surface area contributed by atoms with Crippen LogP contribution in [0.25, 0.3) is 87.6 Å². The second-order valence-electron chi connectivity index (χ2n) is 17.3. The van der Waals surface area contributed by atoms with E-state index in [-0.39, 0.29) is 5.75 Å². The zero-order valence-electron chi connectivity index (χ0n) is 42.9. The second-order valence-corrected chi connectivity index (χ2v) is 17.3. The summed E-state index contributed by atoms with van der Waals surface area (Å²) in [5, 5.41) is 20.2. The summed E-state index contributed by atoms with van der Waals surface area (Å²) in [6.07, 6.45) is 0. The van der Waals surface area contributed by atoms with Crippen LogP contribution in [0.1, 0.15) is 41.5 Å². The minimum Gasteiger partial charge on any atom is -0.507 e. The van der Waals surface area contributed by atoms with Crippen molar-refractivity contribution in [3.05, 3.63) is 249 Å². The normalized spacial score (nSPS) is 10.9. The van der Waals surface area contributed by atoms with Crippen LogP contribution in [0, 0.1) is 0 Å². The molecule has 0 spiro atoms. The number of rotatable bonds is 9. The summed E-state index contributed by atoms with van der Waals surface area (Å²) in [6, 6.07) is 87.7. The summed E-state index contributed by atoms with van der Waals surface area (Å²) in [5.74, 6) is 0.247. The van der Waals surface area contributed by atoms with Crippen molar-refractivity contribution in [3.8, 4) is 39.1 Å². The first-order valence-electron chi connectivity index (χ1n) is 26.1. The van der Waals surface area contributed by atoms with Crippen LogP contribution in [0.3, 0.4) is 0 Å². The molecule has 362 valence electrons. The zero-order chi connectivity index (χ0) is 51.1. The van der Waals surface area contributed by atoms with Gasteiger partial charge in [-0.05, 0) is 92.8 Å². The summed E-state index contributed by atoms with van der Waals surface area (Å²) < 4.78 is 6.83. The Bertz CT molecular complexity index is 4010. The molecule has 0 aliphatic rings. The molecule has 0 fully saturated rings. The molecular weight excluding hydrogens is 901 g/mol. The molecule has 0 radical (unpaired) electrons. The van der Waals surface area contributed by atoms with Crippen LogP contribution in [0.5, 0.6) is 5.75 Å². The summed E-state index contributed by atoms with van der Waals surface area (Å²) >= 11 is 0. The van der Waals surface area contributed by atoms with Gasteiger partial charge in [0.1, 0.15) is 11.3 Å². The average molecular weight is 961 g/mol. The molecule has 1 aromatic heterocycles. The average Bonchev–Trinajstić information content (AvgIpc) is 3.87. The van der Waals surface area contributed by atoms with Gasteiger partial charge >= 0.3 is 0 Å². The number of anilines is 6. The smallest absolute Gasteiger partial charge is 0.159 e. The van der Waals surface area contributed by atoms with Gasteiger partial charge in [-0.3, -0.25) is 0 Å². The van der Waals surface area contributed by atoms with Crippen LogP contribution in [-0.2, 0) is 0 Å². The van der Waals surface area contributed by atoms with Crippen molar-refractivity contribution in [2.45, 2.75) is 41.5 Å². The molecule has 0 bridgehead atoms. The Morgan fingerprint density at radius 3 is 1.36 bits per heavy atom. The van der Waals surface area contributed by atoms with Gasteiger partial charge in [0.2, 0.25) is 0 Å². The van der Waals surface area contributed by atoms with Crippen LogP contribution in [0.15, 0.2) is 253 Å². The highest BCUT2D eigenvalue weighted by atomic mass is 16.3. The largest absolute Gasteiger partial charge is 0.507 e. The third-order valence-electron chi connectivity index (χ3n) is 13.5. The summed E-state index contributed by atoms with van der Waals surface area (Å²) in [7, 11) is 0. The Morgan fingerprint density at radius 2 is 0.757 bits per heavy atom. The van der Waals surface area contributed by atoms with Crippen LogP contribution in [0.2, 0.25) is 0 Å². The predicted molar refractivity (Wildman–Crippen MR) is 319 cm³/mol. The summed E-state index contributed by atoms with van der Waals surface area (Å²) in [4.78, 5) is 4.80. The minimum absolute atomic E-state index is 0.247. The number of phenolic OH excluding ortho intramolecular Hbond substituents is 1. The summed E-state index contributed by atoms with van der Waals surface area (Å²) in [6.45, 7) is 12.0. The quantitative estimate of drug-likeness (QED) is 0.146. The fourth-order valence-electron chi connectivity index (χ4n) is 10.5. The molecule has 0 aliphatic carbocycles. The zero-order valence-corrected chi connectivity index (χ0v) is 42.9. The first kappa shape index (κ1) is 48.5. The van der Waals surface area contributed by atoms with E-state index in [9.17, 15) is 5.11 Å². The Labute approximate surface area is 435 Å². The minimum atomic E-state index is 0.247. The van der Waals surface area contributed by atoms with Crippen LogP contribution in [-0.4, -0.2) is 5.11 Å². The fraction of sp³-hybridized carbons (Fsp3) is 0.0857. The highest BCUT2D eigenvalue weighted by molar-refractivity contribution is 6.28. The van der Waals surface area contributed by atoms with Gasteiger partial charge in [-0.15, -0.1) is 0 Å². The van der Waals surface area contributed by atoms with E-state index < -0.39 is 0 Å². The van der Waals surface area contributed by atoms with Gasteiger partial charge in [0.05, 0.1) is 28.4 Å². The Kier molecular flexibility index (Phi) is 14.2. The SMILES string of the molecule is CC.CC.CC.Oc1ccccc1-c1cccc(N(c2ccccc2-c2ccccc2)c2ccc3ccc4c(N(c5ccccc5-c5ccccc5)c5cccc6c5oc5ccccc56)ccc5ccc2c3c54)c1. The lowest BCUT2D eigenvalue weighted by Crippen LogP contribution is -2.13. The highest BCUT2D eigenvalue weighted by Gasteiger charge is 2.26. The maximum atomic E-state index is 11.1. The van der Waals surface area contributed by atoms with Gasteiger partial charge in [0, 0.05) is 43.9 Å². The van der Waals surface area contributed by atoms with Gasteiger partial charge in [-0.2, -0.15) is 0 Å². The van der Waals surface area contributed by atoms with Crippen LogP contribution >= 0.6 is 0 Å². The number of benzene rings is 12. The van der Waals surface area contributed by atoms with Crippen molar-refractivity contribution < 1.29 is 9.52 Å². The molecule has 0 saturated heterocycles. The molecule has 13 aromatic rings. The molecule has 4 heteroatoms. The molecule has 0 atom stereocenters. The second kappa shape index (κ2) is 21.7. The molecule has 0 amide bonds. The number of furan rings is 1. The molecule has 0 saturated carbocycles. The molecule has 13 rings (SSSR count). The van der Waals surface area contributed by atoms with Crippen LogP contribution < -0.4 is 9.80 Å². The van der Waals surface area contributed by atoms with E-state index in [0.29, 0.717) is 0 Å². The molecule has 1 N–H and O–H groups in total. The maximum absolute atomic E-state index is 11.1. The Balaban J connectivity index is 0.00000101. The first-order chi connectivity index (χ1) is 36.7. The van der Waals surface area contributed by atoms with Gasteiger partial charge in [-0.1, -0.05) is 236 Å². The lowest BCUT2D eigenvalue weighted by atomic mass is 9.91. The number of para-hydroxylation sites is 5. The van der Waals surface area contributed by atoms with E-state index in [1.807, 2.05) is 65.8 Å². The lowest BCUT2D eigenvalue weighted by molar-refractivity contribution is 0.477. The van der Waals surface area contributed by atoms with E-state index in [4.69, 9.17) is 4.42 Å². The number of nitrogens with zero attached hydrogens (tertiary/aromatic N) is 2. The first-order valence-corrected chi connectivity index (χ1v) is 26.1. The molecule has 4 nitrogen and oxygen atoms in total. The van der Waals surface area contributed by atoms with E-state index >= 15 is 0 Å². The molecular formula is C70H60N2O2. The number of hydrogen-bond acceptors (Lipinski definition) is 4. The van der Waals surface area contributed by atoms with E-state index in [1.54, 1.807) is 6.07 Å². The van der Waals surface area contributed by atoms with E-state index in [0.717, 1.165) is 111 Å². The van der Waals surface area contributed by atoms with Crippen molar-refractivity contribution in [1.29, 1.82) is 0 Å².